The van der Waals surface area contributed by atoms with Crippen LogP contribution in [-0.4, -0.2) is 28.2 Å². The zero-order chi connectivity index (χ0) is 13.7. The molecule has 0 spiro atoms. The van der Waals surface area contributed by atoms with Crippen LogP contribution in [0, 0.1) is 5.92 Å². The lowest BCUT2D eigenvalue weighted by Gasteiger charge is -2.27. The minimum atomic E-state index is -0.240. The van der Waals surface area contributed by atoms with Crippen LogP contribution in [-0.2, 0) is 4.79 Å². The van der Waals surface area contributed by atoms with Crippen molar-refractivity contribution in [1.29, 1.82) is 0 Å². The Morgan fingerprint density at radius 1 is 1.37 bits per heavy atom. The molecule has 0 aliphatic heterocycles. The molecule has 0 bridgehead atoms. The van der Waals surface area contributed by atoms with E-state index in [9.17, 15) is 9.90 Å². The second kappa shape index (κ2) is 6.75. The molecular formula is C15H24N2O2. The van der Waals surface area contributed by atoms with E-state index in [4.69, 9.17) is 0 Å². The third-order valence-electron chi connectivity index (χ3n) is 4.05. The summed E-state index contributed by atoms with van der Waals surface area (Å²) in [5.41, 5.74) is 0. The van der Waals surface area contributed by atoms with Crippen LogP contribution in [0.25, 0.3) is 0 Å². The molecule has 19 heavy (non-hydrogen) atoms. The molecule has 4 heteroatoms. The van der Waals surface area contributed by atoms with Gasteiger partial charge in [-0.1, -0.05) is 12.8 Å². The molecule has 4 nitrogen and oxygen atoms in total. The number of carbonyl (C=O) groups excluding carboxylic acids is 1. The summed E-state index contributed by atoms with van der Waals surface area (Å²) >= 11 is 0. The Morgan fingerprint density at radius 2 is 2.05 bits per heavy atom. The van der Waals surface area contributed by atoms with Crippen molar-refractivity contribution in [3.63, 3.8) is 0 Å². The zero-order valence-corrected chi connectivity index (χ0v) is 11.6. The van der Waals surface area contributed by atoms with E-state index in [2.05, 4.69) is 5.32 Å². The van der Waals surface area contributed by atoms with Gasteiger partial charge in [-0.25, -0.2) is 0 Å². The number of amides is 1. The van der Waals surface area contributed by atoms with Gasteiger partial charge in [0.2, 0.25) is 5.91 Å². The predicted molar refractivity (Wildman–Crippen MR) is 74.7 cm³/mol. The molecule has 106 valence electrons. The number of rotatable bonds is 5. The average Bonchev–Trinajstić information content (AvgIpc) is 2.91. The third-order valence-corrected chi connectivity index (χ3v) is 4.05. The standard InChI is InChI=1S/C15H24N2O2/c1-12(17-8-4-5-9-17)10-15(19)16-11-13-6-2-3-7-14(13)18/h4-5,8-9,12-14,18H,2-3,6-7,10-11H2,1H3,(H,16,19)/t12-,13+,14-/m1/s1. The molecule has 1 amide bonds. The minimum absolute atomic E-state index is 0.0685. The summed E-state index contributed by atoms with van der Waals surface area (Å²) in [6, 6.07) is 4.10. The van der Waals surface area contributed by atoms with Gasteiger partial charge in [-0.15, -0.1) is 0 Å². The lowest BCUT2D eigenvalue weighted by atomic mass is 9.86. The van der Waals surface area contributed by atoms with Crippen molar-refractivity contribution in [1.82, 2.24) is 9.88 Å². The maximum absolute atomic E-state index is 11.9. The summed E-state index contributed by atoms with van der Waals surface area (Å²) in [6.45, 7) is 2.65. The van der Waals surface area contributed by atoms with Gasteiger partial charge >= 0.3 is 0 Å². The van der Waals surface area contributed by atoms with Crippen molar-refractivity contribution in [2.45, 2.75) is 51.2 Å². The van der Waals surface area contributed by atoms with Gasteiger partial charge in [0.05, 0.1) is 6.10 Å². The molecule has 0 radical (unpaired) electrons. The van der Waals surface area contributed by atoms with E-state index in [1.165, 1.54) is 0 Å². The van der Waals surface area contributed by atoms with E-state index in [1.54, 1.807) is 0 Å². The Kier molecular flexibility index (Phi) is 5.02. The Balaban J connectivity index is 1.72. The molecule has 3 atom stereocenters. The van der Waals surface area contributed by atoms with Crippen LogP contribution in [0.2, 0.25) is 0 Å². The smallest absolute Gasteiger partial charge is 0.222 e. The fourth-order valence-corrected chi connectivity index (χ4v) is 2.76. The van der Waals surface area contributed by atoms with E-state index < -0.39 is 0 Å². The Bertz CT molecular complexity index is 389. The van der Waals surface area contributed by atoms with E-state index in [1.807, 2.05) is 36.0 Å². The van der Waals surface area contributed by atoms with Crippen molar-refractivity contribution in [3.8, 4) is 0 Å². The van der Waals surface area contributed by atoms with Gasteiger partial charge in [0, 0.05) is 37.3 Å². The number of aromatic nitrogens is 1. The molecule has 1 aromatic heterocycles. The van der Waals surface area contributed by atoms with Crippen LogP contribution < -0.4 is 5.32 Å². The largest absolute Gasteiger partial charge is 0.393 e. The van der Waals surface area contributed by atoms with Gasteiger partial charge < -0.3 is 15.0 Å². The summed E-state index contributed by atoms with van der Waals surface area (Å²) in [6.07, 6.45) is 8.36. The lowest BCUT2D eigenvalue weighted by Crippen LogP contribution is -2.37. The average molecular weight is 264 g/mol. The predicted octanol–water partition coefficient (Wildman–Crippen LogP) is 2.11. The monoisotopic (exact) mass is 264 g/mol. The van der Waals surface area contributed by atoms with Gasteiger partial charge in [-0.2, -0.15) is 0 Å². The number of hydrogen-bond donors (Lipinski definition) is 2. The molecule has 1 aliphatic carbocycles. The van der Waals surface area contributed by atoms with Gasteiger partial charge in [-0.05, 0) is 31.9 Å². The van der Waals surface area contributed by atoms with Gasteiger partial charge in [0.1, 0.15) is 0 Å². The molecule has 0 unspecified atom stereocenters. The highest BCUT2D eigenvalue weighted by Gasteiger charge is 2.23. The summed E-state index contributed by atoms with van der Waals surface area (Å²) in [5, 5.41) is 12.8. The van der Waals surface area contributed by atoms with E-state index >= 15 is 0 Å². The second-order valence-corrected chi connectivity index (χ2v) is 5.60. The van der Waals surface area contributed by atoms with E-state index in [0.717, 1.165) is 25.7 Å². The van der Waals surface area contributed by atoms with Crippen molar-refractivity contribution in [2.75, 3.05) is 6.54 Å². The molecule has 1 aromatic rings. The van der Waals surface area contributed by atoms with E-state index in [-0.39, 0.29) is 24.0 Å². The Morgan fingerprint density at radius 3 is 2.74 bits per heavy atom. The fraction of sp³-hybridized carbons (Fsp3) is 0.667. The molecule has 1 aliphatic rings. The highest BCUT2D eigenvalue weighted by molar-refractivity contribution is 5.76. The van der Waals surface area contributed by atoms with Gasteiger partial charge in [0.15, 0.2) is 0 Å². The van der Waals surface area contributed by atoms with Crippen LogP contribution in [0.15, 0.2) is 24.5 Å². The highest BCUT2D eigenvalue weighted by Crippen LogP contribution is 2.23. The number of hydrogen-bond acceptors (Lipinski definition) is 2. The first-order valence-corrected chi connectivity index (χ1v) is 7.24. The maximum Gasteiger partial charge on any atom is 0.222 e. The maximum atomic E-state index is 11.9. The summed E-state index contributed by atoms with van der Waals surface area (Å²) in [4.78, 5) is 11.9. The molecule has 1 saturated carbocycles. The topological polar surface area (TPSA) is 54.3 Å². The molecular weight excluding hydrogens is 240 g/mol. The van der Waals surface area contributed by atoms with Crippen molar-refractivity contribution >= 4 is 5.91 Å². The van der Waals surface area contributed by atoms with Crippen LogP contribution in [0.1, 0.15) is 45.1 Å². The zero-order valence-electron chi connectivity index (χ0n) is 11.6. The van der Waals surface area contributed by atoms with Gasteiger partial charge in [-0.3, -0.25) is 4.79 Å². The first-order chi connectivity index (χ1) is 9.16. The van der Waals surface area contributed by atoms with E-state index in [0.29, 0.717) is 13.0 Å². The highest BCUT2D eigenvalue weighted by atomic mass is 16.3. The Labute approximate surface area is 114 Å². The first-order valence-electron chi connectivity index (χ1n) is 7.24. The molecule has 2 N–H and O–H groups in total. The molecule has 0 aromatic carbocycles. The quantitative estimate of drug-likeness (QED) is 0.855. The molecule has 0 saturated heterocycles. The third kappa shape index (κ3) is 4.10. The van der Waals surface area contributed by atoms with Crippen LogP contribution in [0.4, 0.5) is 0 Å². The number of nitrogens with one attached hydrogen (secondary N) is 1. The molecule has 1 fully saturated rings. The number of aliphatic hydroxyl groups excluding tert-OH is 1. The normalized spacial score (nSPS) is 24.9. The fourth-order valence-electron chi connectivity index (χ4n) is 2.76. The van der Waals surface area contributed by atoms with Crippen LogP contribution >= 0.6 is 0 Å². The first kappa shape index (κ1) is 14.1. The number of carbonyl (C=O) groups is 1. The van der Waals surface area contributed by atoms with Crippen LogP contribution in [0.3, 0.4) is 0 Å². The van der Waals surface area contributed by atoms with Crippen molar-refractivity contribution < 1.29 is 9.90 Å². The van der Waals surface area contributed by atoms with Gasteiger partial charge in [0.25, 0.3) is 0 Å². The minimum Gasteiger partial charge on any atom is -0.393 e. The Hall–Kier alpha value is -1.29. The molecule has 1 heterocycles. The molecule has 2 rings (SSSR count). The summed E-state index contributed by atoms with van der Waals surface area (Å²) in [7, 11) is 0. The number of nitrogens with zero attached hydrogens (tertiary/aromatic N) is 1. The second-order valence-electron chi connectivity index (χ2n) is 5.60. The lowest BCUT2D eigenvalue weighted by molar-refractivity contribution is -0.122. The summed E-state index contributed by atoms with van der Waals surface area (Å²) in [5.74, 6) is 0.304. The summed E-state index contributed by atoms with van der Waals surface area (Å²) < 4.78 is 2.04. The SMILES string of the molecule is C[C@H](CC(=O)NC[C@@H]1CCCC[C@H]1O)n1cccc1. The number of aliphatic hydroxyl groups is 1. The van der Waals surface area contributed by atoms with Crippen LogP contribution in [0.5, 0.6) is 0 Å². The van der Waals surface area contributed by atoms with Crippen molar-refractivity contribution in [2.24, 2.45) is 5.92 Å². The van der Waals surface area contributed by atoms with Crippen molar-refractivity contribution in [3.05, 3.63) is 24.5 Å².